The number of aryl methyl sites for hydroxylation is 2. The standard InChI is InChI=1S/C25H36N6O2/c1-9-25(7)19-18(14(4)15(5)27-22(19)30(8)24(25)33)17-10-12(2)31(13(3)11-17)23(32)21-20(26)16(6)28-29-21/h12-13,17H,9-11,26H2,1-8H3,(H,28,29). The third kappa shape index (κ3) is 3.25. The monoisotopic (exact) mass is 452 g/mol. The number of rotatable bonds is 3. The van der Waals surface area contributed by atoms with E-state index in [1.165, 1.54) is 5.56 Å². The Kier molecular flexibility index (Phi) is 5.53. The number of nitrogen functional groups attached to an aromatic ring is 1. The van der Waals surface area contributed by atoms with Crippen molar-refractivity contribution in [1.82, 2.24) is 20.1 Å². The first-order valence-corrected chi connectivity index (χ1v) is 11.9. The van der Waals surface area contributed by atoms with Gasteiger partial charge in [0.15, 0.2) is 5.69 Å². The van der Waals surface area contributed by atoms with Gasteiger partial charge in [0, 0.05) is 30.4 Å². The van der Waals surface area contributed by atoms with Gasteiger partial charge in [-0.05, 0) is 77.8 Å². The van der Waals surface area contributed by atoms with E-state index in [0.717, 1.165) is 41.9 Å². The molecule has 2 aromatic heterocycles. The molecule has 3 unspecified atom stereocenters. The Morgan fingerprint density at radius 2 is 1.82 bits per heavy atom. The van der Waals surface area contributed by atoms with E-state index in [1.807, 2.05) is 32.7 Å². The van der Waals surface area contributed by atoms with Crippen LogP contribution < -0.4 is 10.6 Å². The highest BCUT2D eigenvalue weighted by atomic mass is 16.2. The molecule has 3 atom stereocenters. The third-order valence-electron chi connectivity index (χ3n) is 8.11. The summed E-state index contributed by atoms with van der Waals surface area (Å²) >= 11 is 0. The van der Waals surface area contributed by atoms with Gasteiger partial charge in [-0.1, -0.05) is 6.92 Å². The number of aromatic nitrogens is 3. The normalized spacial score (nSPS) is 27.3. The van der Waals surface area contributed by atoms with Crippen molar-refractivity contribution in [3.8, 4) is 0 Å². The molecule has 4 rings (SSSR count). The van der Waals surface area contributed by atoms with E-state index in [2.05, 4.69) is 37.9 Å². The van der Waals surface area contributed by atoms with Crippen molar-refractivity contribution in [1.29, 1.82) is 0 Å². The summed E-state index contributed by atoms with van der Waals surface area (Å²) in [5.41, 5.74) is 11.4. The number of anilines is 2. The zero-order chi connectivity index (χ0) is 24.4. The molecular formula is C25H36N6O2. The number of nitrogens with two attached hydrogens (primary N) is 1. The minimum absolute atomic E-state index is 0.00824. The zero-order valence-corrected chi connectivity index (χ0v) is 21.0. The molecule has 1 fully saturated rings. The number of fused-ring (bicyclic) bond motifs is 1. The molecule has 3 N–H and O–H groups in total. The Bertz CT molecular complexity index is 1130. The summed E-state index contributed by atoms with van der Waals surface area (Å²) in [5.74, 6) is 1.01. The van der Waals surface area contributed by atoms with Crippen molar-refractivity contribution >= 4 is 23.3 Å². The SMILES string of the molecule is CCC1(C)C(=O)N(C)c2nc(C)c(C)c(C3CC(C)N(C(=O)c4n[nH]c(C)c4N)C(C)C3)c21. The quantitative estimate of drug-likeness (QED) is 0.737. The lowest BCUT2D eigenvalue weighted by atomic mass is 9.72. The summed E-state index contributed by atoms with van der Waals surface area (Å²) in [5, 5.41) is 6.98. The predicted octanol–water partition coefficient (Wildman–Crippen LogP) is 3.75. The van der Waals surface area contributed by atoms with Crippen molar-refractivity contribution in [3.05, 3.63) is 33.8 Å². The fourth-order valence-corrected chi connectivity index (χ4v) is 5.94. The van der Waals surface area contributed by atoms with Crippen LogP contribution in [-0.4, -0.2) is 51.0 Å². The number of H-pyrrole nitrogens is 1. The maximum Gasteiger partial charge on any atom is 0.276 e. The molecule has 0 spiro atoms. The smallest absolute Gasteiger partial charge is 0.276 e. The first kappa shape index (κ1) is 23.3. The molecule has 8 heteroatoms. The largest absolute Gasteiger partial charge is 0.395 e. The van der Waals surface area contributed by atoms with Crippen LogP contribution in [0.3, 0.4) is 0 Å². The molecule has 0 saturated carbocycles. The van der Waals surface area contributed by atoms with E-state index in [9.17, 15) is 9.59 Å². The number of nitrogens with one attached hydrogen (secondary N) is 1. The van der Waals surface area contributed by atoms with E-state index >= 15 is 0 Å². The molecule has 2 aromatic rings. The number of carbonyl (C=O) groups excluding carboxylic acids is 2. The van der Waals surface area contributed by atoms with E-state index in [-0.39, 0.29) is 29.8 Å². The van der Waals surface area contributed by atoms with Crippen molar-refractivity contribution in [3.63, 3.8) is 0 Å². The summed E-state index contributed by atoms with van der Waals surface area (Å²) in [4.78, 5) is 35.1. The van der Waals surface area contributed by atoms with Crippen LogP contribution in [0.1, 0.15) is 91.4 Å². The Balaban J connectivity index is 1.75. The Hall–Kier alpha value is -2.90. The molecule has 0 aliphatic carbocycles. The Morgan fingerprint density at radius 1 is 1.21 bits per heavy atom. The lowest BCUT2D eigenvalue weighted by Crippen LogP contribution is -2.50. The second-order valence-electron chi connectivity index (χ2n) is 10.2. The summed E-state index contributed by atoms with van der Waals surface area (Å²) in [6.45, 7) is 14.3. The van der Waals surface area contributed by atoms with Gasteiger partial charge >= 0.3 is 0 Å². The predicted molar refractivity (Wildman–Crippen MR) is 130 cm³/mol. The van der Waals surface area contributed by atoms with Crippen LogP contribution in [0, 0.1) is 20.8 Å². The number of pyridine rings is 1. The molecule has 8 nitrogen and oxygen atoms in total. The summed E-state index contributed by atoms with van der Waals surface area (Å²) in [6.07, 6.45) is 2.35. The van der Waals surface area contributed by atoms with Crippen LogP contribution >= 0.6 is 0 Å². The molecular weight excluding hydrogens is 416 g/mol. The topological polar surface area (TPSA) is 108 Å². The fraction of sp³-hybridized carbons (Fsp3) is 0.600. The number of aromatic amines is 1. The van der Waals surface area contributed by atoms with Crippen LogP contribution in [0.2, 0.25) is 0 Å². The highest BCUT2D eigenvalue weighted by molar-refractivity contribution is 6.07. The molecule has 4 heterocycles. The Morgan fingerprint density at radius 3 is 2.33 bits per heavy atom. The fourth-order valence-electron chi connectivity index (χ4n) is 5.94. The molecule has 1 saturated heterocycles. The van der Waals surface area contributed by atoms with E-state index in [0.29, 0.717) is 17.1 Å². The van der Waals surface area contributed by atoms with E-state index < -0.39 is 5.41 Å². The molecule has 0 radical (unpaired) electrons. The number of carbonyl (C=O) groups is 2. The number of likely N-dealkylation sites (N-methyl/N-ethyl adjacent to an activating group) is 1. The van der Waals surface area contributed by atoms with Gasteiger partial charge in [-0.25, -0.2) is 4.98 Å². The average Bonchev–Trinajstić information content (AvgIpc) is 3.19. The van der Waals surface area contributed by atoms with Gasteiger partial charge in [0.05, 0.1) is 16.8 Å². The number of likely N-dealkylation sites (tertiary alicyclic amines) is 1. The molecule has 178 valence electrons. The number of piperidine rings is 1. The van der Waals surface area contributed by atoms with Crippen LogP contribution in [0.15, 0.2) is 0 Å². The maximum absolute atomic E-state index is 13.3. The van der Waals surface area contributed by atoms with Gasteiger partial charge in [0.25, 0.3) is 5.91 Å². The molecule has 2 aliphatic rings. The highest BCUT2D eigenvalue weighted by Gasteiger charge is 2.49. The van der Waals surface area contributed by atoms with E-state index in [1.54, 1.807) is 4.90 Å². The number of nitrogens with zero attached hydrogens (tertiary/aromatic N) is 4. The van der Waals surface area contributed by atoms with Crippen LogP contribution in [0.4, 0.5) is 11.5 Å². The van der Waals surface area contributed by atoms with Gasteiger partial charge in [0.1, 0.15) is 5.82 Å². The van der Waals surface area contributed by atoms with Gasteiger partial charge < -0.3 is 10.6 Å². The minimum Gasteiger partial charge on any atom is -0.395 e. The van der Waals surface area contributed by atoms with Gasteiger partial charge in [-0.15, -0.1) is 0 Å². The van der Waals surface area contributed by atoms with Crippen LogP contribution in [0.5, 0.6) is 0 Å². The highest BCUT2D eigenvalue weighted by Crippen LogP contribution is 2.50. The van der Waals surface area contributed by atoms with Crippen LogP contribution in [-0.2, 0) is 10.2 Å². The van der Waals surface area contributed by atoms with Gasteiger partial charge in [0.2, 0.25) is 5.91 Å². The van der Waals surface area contributed by atoms with Crippen molar-refractivity contribution in [2.24, 2.45) is 0 Å². The van der Waals surface area contributed by atoms with Gasteiger partial charge in [-0.2, -0.15) is 5.10 Å². The van der Waals surface area contributed by atoms with Gasteiger partial charge in [-0.3, -0.25) is 19.6 Å². The summed E-state index contributed by atoms with van der Waals surface area (Å²) < 4.78 is 0. The second-order valence-corrected chi connectivity index (χ2v) is 10.2. The van der Waals surface area contributed by atoms with Crippen molar-refractivity contribution < 1.29 is 9.59 Å². The Labute approximate surface area is 195 Å². The number of hydrogen-bond donors (Lipinski definition) is 2. The summed E-state index contributed by atoms with van der Waals surface area (Å²) in [7, 11) is 1.83. The lowest BCUT2D eigenvalue weighted by Gasteiger charge is -2.44. The molecule has 0 aromatic carbocycles. The van der Waals surface area contributed by atoms with E-state index in [4.69, 9.17) is 10.7 Å². The van der Waals surface area contributed by atoms with Crippen molar-refractivity contribution in [2.45, 2.75) is 91.1 Å². The second kappa shape index (κ2) is 7.85. The summed E-state index contributed by atoms with van der Waals surface area (Å²) in [6, 6.07) is 0.0165. The molecule has 2 amide bonds. The molecule has 2 aliphatic heterocycles. The first-order chi connectivity index (χ1) is 15.4. The van der Waals surface area contributed by atoms with Crippen LogP contribution in [0.25, 0.3) is 0 Å². The van der Waals surface area contributed by atoms with Crippen molar-refractivity contribution in [2.75, 3.05) is 17.7 Å². The number of hydrogen-bond acceptors (Lipinski definition) is 5. The zero-order valence-electron chi connectivity index (χ0n) is 21.0. The lowest BCUT2D eigenvalue weighted by molar-refractivity contribution is -0.122. The number of amides is 2. The molecule has 0 bridgehead atoms. The average molecular weight is 453 g/mol. The first-order valence-electron chi connectivity index (χ1n) is 11.9. The molecule has 33 heavy (non-hydrogen) atoms. The maximum atomic E-state index is 13.3. The minimum atomic E-state index is -0.578. The third-order valence-corrected chi connectivity index (χ3v) is 8.11.